The van der Waals surface area contributed by atoms with Crippen LogP contribution in [0.25, 0.3) is 0 Å². The van der Waals surface area contributed by atoms with Gasteiger partial charge in [0.2, 0.25) is 5.91 Å². The topological polar surface area (TPSA) is 41.1 Å². The molecule has 1 aliphatic heterocycles. The molecule has 0 aliphatic carbocycles. The first-order chi connectivity index (χ1) is 6.99. The fourth-order valence-corrected chi connectivity index (χ4v) is 1.81. The van der Waals surface area contributed by atoms with Gasteiger partial charge in [0.25, 0.3) is 0 Å². The fraction of sp³-hybridized carbons (Fsp3) is 0.875. The Morgan fingerprint density at radius 3 is 2.80 bits per heavy atom. The van der Waals surface area contributed by atoms with Crippen molar-refractivity contribution in [3.8, 4) is 0 Å². The highest BCUT2D eigenvalue weighted by Crippen LogP contribution is 2.29. The number of carbonyl (C=O) groups excluding carboxylic acids is 1. The smallest absolute Gasteiger partial charge is 0.354 e. The van der Waals surface area contributed by atoms with E-state index in [1.165, 1.54) is 0 Å². The van der Waals surface area contributed by atoms with Gasteiger partial charge >= 0.3 is 5.51 Å². The van der Waals surface area contributed by atoms with Crippen LogP contribution in [0.2, 0.25) is 0 Å². The third-order valence-corrected chi connectivity index (χ3v) is 2.78. The molecule has 0 aromatic carbocycles. The number of alkyl halides is 3. The van der Waals surface area contributed by atoms with Gasteiger partial charge in [-0.3, -0.25) is 4.79 Å². The number of carbonyl (C=O) groups is 1. The van der Waals surface area contributed by atoms with Gasteiger partial charge in [-0.2, -0.15) is 13.2 Å². The van der Waals surface area contributed by atoms with Crippen LogP contribution in [-0.4, -0.2) is 36.3 Å². The van der Waals surface area contributed by atoms with Gasteiger partial charge in [-0.15, -0.1) is 0 Å². The molecule has 1 rings (SSSR count). The van der Waals surface area contributed by atoms with Crippen molar-refractivity contribution < 1.29 is 18.0 Å². The van der Waals surface area contributed by atoms with Crippen LogP contribution in [0.15, 0.2) is 0 Å². The lowest BCUT2D eigenvalue weighted by Crippen LogP contribution is -2.41. The van der Waals surface area contributed by atoms with Crippen LogP contribution in [0.4, 0.5) is 13.2 Å². The Labute approximate surface area is 90.2 Å². The summed E-state index contributed by atoms with van der Waals surface area (Å²) in [5.74, 6) is -0.336. The SMILES string of the molecule is O=C(NCCSC(F)(F)F)C1CCCN1. The van der Waals surface area contributed by atoms with E-state index in [0.29, 0.717) is 0 Å². The predicted molar refractivity (Wildman–Crippen MR) is 52.5 cm³/mol. The first kappa shape index (κ1) is 12.6. The first-order valence-corrected chi connectivity index (χ1v) is 5.69. The van der Waals surface area contributed by atoms with E-state index in [4.69, 9.17) is 0 Å². The zero-order valence-electron chi connectivity index (χ0n) is 8.06. The van der Waals surface area contributed by atoms with Gasteiger partial charge in [-0.1, -0.05) is 0 Å². The van der Waals surface area contributed by atoms with Gasteiger partial charge in [0, 0.05) is 12.3 Å². The molecule has 1 aliphatic rings. The molecule has 1 atom stereocenters. The van der Waals surface area contributed by atoms with E-state index in [0.717, 1.165) is 19.4 Å². The van der Waals surface area contributed by atoms with Crippen molar-refractivity contribution in [3.63, 3.8) is 0 Å². The van der Waals surface area contributed by atoms with Crippen LogP contribution in [0, 0.1) is 0 Å². The second kappa shape index (κ2) is 5.60. The molecule has 1 saturated heterocycles. The minimum atomic E-state index is -4.21. The number of nitrogens with one attached hydrogen (secondary N) is 2. The number of halogens is 3. The number of amides is 1. The quantitative estimate of drug-likeness (QED) is 0.726. The van der Waals surface area contributed by atoms with Crippen LogP contribution in [0.1, 0.15) is 12.8 Å². The highest BCUT2D eigenvalue weighted by Gasteiger charge is 2.28. The standard InChI is InChI=1S/C8H13F3N2OS/c9-8(10,11)15-5-4-13-7(14)6-2-1-3-12-6/h6,12H,1-5H2,(H,13,14). The molecule has 15 heavy (non-hydrogen) atoms. The maximum absolute atomic E-state index is 11.7. The van der Waals surface area contributed by atoms with Gasteiger partial charge in [0.15, 0.2) is 0 Å². The highest BCUT2D eigenvalue weighted by atomic mass is 32.2. The summed E-state index contributed by atoms with van der Waals surface area (Å²) in [6, 6.07) is -0.221. The third-order valence-electron chi connectivity index (χ3n) is 2.04. The molecule has 0 saturated carbocycles. The zero-order valence-corrected chi connectivity index (χ0v) is 8.88. The molecular weight excluding hydrogens is 229 g/mol. The minimum absolute atomic E-state index is 0.0567. The second-order valence-electron chi connectivity index (χ2n) is 3.23. The van der Waals surface area contributed by atoms with Crippen molar-refractivity contribution >= 4 is 17.7 Å². The summed E-state index contributed by atoms with van der Waals surface area (Å²) in [5.41, 5.74) is -4.21. The molecule has 0 aromatic heterocycles. The van der Waals surface area contributed by atoms with Crippen molar-refractivity contribution in [3.05, 3.63) is 0 Å². The van der Waals surface area contributed by atoms with Crippen LogP contribution in [-0.2, 0) is 4.79 Å². The molecule has 0 aromatic rings. The van der Waals surface area contributed by atoms with Crippen molar-refractivity contribution in [1.82, 2.24) is 10.6 Å². The van der Waals surface area contributed by atoms with E-state index in [9.17, 15) is 18.0 Å². The van der Waals surface area contributed by atoms with Gasteiger partial charge in [-0.25, -0.2) is 0 Å². The van der Waals surface area contributed by atoms with Gasteiger partial charge < -0.3 is 10.6 Å². The number of rotatable bonds is 4. The third kappa shape index (κ3) is 5.27. The lowest BCUT2D eigenvalue weighted by Gasteiger charge is -2.11. The molecular formula is C8H13F3N2OS. The molecule has 0 spiro atoms. The van der Waals surface area contributed by atoms with Crippen LogP contribution < -0.4 is 10.6 Å². The Morgan fingerprint density at radius 2 is 2.27 bits per heavy atom. The summed E-state index contributed by atoms with van der Waals surface area (Å²) in [5, 5.41) is 5.45. The van der Waals surface area contributed by atoms with Crippen molar-refractivity contribution in [2.75, 3.05) is 18.8 Å². The van der Waals surface area contributed by atoms with Crippen LogP contribution in [0.3, 0.4) is 0 Å². The Balaban J connectivity index is 2.07. The van der Waals surface area contributed by atoms with Gasteiger partial charge in [0.05, 0.1) is 6.04 Å². The van der Waals surface area contributed by atoms with Crippen molar-refractivity contribution in [2.24, 2.45) is 0 Å². The van der Waals surface area contributed by atoms with E-state index in [1.54, 1.807) is 0 Å². The van der Waals surface area contributed by atoms with E-state index < -0.39 is 5.51 Å². The molecule has 0 bridgehead atoms. The summed E-state index contributed by atoms with van der Waals surface area (Å²) in [7, 11) is 0. The molecule has 1 fully saturated rings. The zero-order chi connectivity index (χ0) is 11.3. The van der Waals surface area contributed by atoms with E-state index in [2.05, 4.69) is 10.6 Å². The summed E-state index contributed by atoms with van der Waals surface area (Å²) in [6.45, 7) is 0.858. The minimum Gasteiger partial charge on any atom is -0.354 e. The highest BCUT2D eigenvalue weighted by molar-refractivity contribution is 8.00. The molecule has 1 unspecified atom stereocenters. The second-order valence-corrected chi connectivity index (χ2v) is 4.39. The number of hydrogen-bond acceptors (Lipinski definition) is 3. The van der Waals surface area contributed by atoms with Gasteiger partial charge in [-0.05, 0) is 31.1 Å². The molecule has 1 amide bonds. The Kier molecular flexibility index (Phi) is 4.72. The first-order valence-electron chi connectivity index (χ1n) is 4.71. The molecule has 0 radical (unpaired) electrons. The molecule has 3 nitrogen and oxygen atoms in total. The average Bonchev–Trinajstić information content (AvgIpc) is 2.63. The summed E-state index contributed by atoms with van der Waals surface area (Å²) in [6.07, 6.45) is 1.70. The van der Waals surface area contributed by atoms with Crippen LogP contribution >= 0.6 is 11.8 Å². The lowest BCUT2D eigenvalue weighted by atomic mass is 10.2. The van der Waals surface area contributed by atoms with Gasteiger partial charge in [0.1, 0.15) is 0 Å². The Morgan fingerprint density at radius 1 is 1.53 bits per heavy atom. The van der Waals surface area contributed by atoms with E-state index in [-0.39, 0.29) is 36.0 Å². The largest absolute Gasteiger partial charge is 0.441 e. The maximum atomic E-state index is 11.7. The fourth-order valence-electron chi connectivity index (χ4n) is 1.37. The molecule has 1 heterocycles. The van der Waals surface area contributed by atoms with Crippen molar-refractivity contribution in [1.29, 1.82) is 0 Å². The summed E-state index contributed by atoms with van der Waals surface area (Å²) >= 11 is -0.117. The van der Waals surface area contributed by atoms with E-state index in [1.807, 2.05) is 0 Å². The predicted octanol–water partition coefficient (Wildman–Crippen LogP) is 1.11. The van der Waals surface area contributed by atoms with Crippen LogP contribution in [0.5, 0.6) is 0 Å². The average molecular weight is 242 g/mol. The molecule has 88 valence electrons. The number of thioether (sulfide) groups is 1. The summed E-state index contributed by atoms with van der Waals surface area (Å²) < 4.78 is 35.2. The summed E-state index contributed by atoms with van der Waals surface area (Å²) in [4.78, 5) is 11.3. The molecule has 2 N–H and O–H groups in total. The number of hydrogen-bond donors (Lipinski definition) is 2. The molecule has 7 heteroatoms. The maximum Gasteiger partial charge on any atom is 0.441 e. The van der Waals surface area contributed by atoms with E-state index >= 15 is 0 Å². The monoisotopic (exact) mass is 242 g/mol. The van der Waals surface area contributed by atoms with Crippen molar-refractivity contribution in [2.45, 2.75) is 24.4 Å². The lowest BCUT2D eigenvalue weighted by molar-refractivity contribution is -0.122. The Hall–Kier alpha value is -0.430. The Bertz CT molecular complexity index is 216. The normalized spacial score (nSPS) is 21.7.